The average molecular weight is 351 g/mol. The second-order valence-corrected chi connectivity index (χ2v) is 7.05. The van der Waals surface area contributed by atoms with Gasteiger partial charge in [-0.25, -0.2) is 4.79 Å². The van der Waals surface area contributed by atoms with Crippen molar-refractivity contribution in [1.29, 1.82) is 0 Å². The fourth-order valence-corrected chi connectivity index (χ4v) is 3.89. The molecular formula is C21H25N3O2. The van der Waals surface area contributed by atoms with Gasteiger partial charge in [-0.2, -0.15) is 0 Å². The molecule has 3 N–H and O–H groups in total. The van der Waals surface area contributed by atoms with Gasteiger partial charge in [-0.1, -0.05) is 30.3 Å². The van der Waals surface area contributed by atoms with Crippen LogP contribution < -0.4 is 15.7 Å². The number of ether oxygens (including phenoxy) is 1. The van der Waals surface area contributed by atoms with Crippen LogP contribution in [0.15, 0.2) is 53.3 Å². The molecule has 0 amide bonds. The first-order valence-corrected chi connectivity index (χ1v) is 9.41. The number of fused-ring (bicyclic) bond motifs is 1. The van der Waals surface area contributed by atoms with Gasteiger partial charge >= 0.3 is 5.69 Å². The molecule has 0 radical (unpaired) electrons. The highest BCUT2D eigenvalue weighted by molar-refractivity contribution is 5.75. The Morgan fingerprint density at radius 2 is 1.73 bits per heavy atom. The minimum Gasteiger partial charge on any atom is -0.492 e. The lowest BCUT2D eigenvalue weighted by Gasteiger charge is -2.29. The lowest BCUT2D eigenvalue weighted by molar-refractivity contribution is 0.283. The van der Waals surface area contributed by atoms with Gasteiger partial charge in [0.25, 0.3) is 0 Å². The normalized spacial score (nSPS) is 20.3. The molecule has 0 atom stereocenters. The number of rotatable bonds is 6. The standard InChI is InChI=1S/C21H25N3O2/c25-21-23-19-11-10-18(14-20(19)24-21)26-13-12-22-17-8-6-16(7-9-17)15-4-2-1-3-5-15/h1-5,10-11,14,16-17,22H,6-9,12-13H2,(H2,23,24,25). The molecule has 0 spiro atoms. The Kier molecular flexibility index (Phi) is 5.07. The minimum atomic E-state index is -0.190. The third kappa shape index (κ3) is 3.99. The van der Waals surface area contributed by atoms with Crippen LogP contribution in [0.1, 0.15) is 37.2 Å². The monoisotopic (exact) mass is 351 g/mol. The van der Waals surface area contributed by atoms with E-state index in [0.29, 0.717) is 18.6 Å². The van der Waals surface area contributed by atoms with Crippen LogP contribution in [0, 0.1) is 0 Å². The predicted octanol–water partition coefficient (Wildman–Crippen LogP) is 3.55. The molecule has 1 aromatic heterocycles. The van der Waals surface area contributed by atoms with Gasteiger partial charge in [-0.15, -0.1) is 0 Å². The van der Waals surface area contributed by atoms with Crippen molar-refractivity contribution in [3.63, 3.8) is 0 Å². The fraction of sp³-hybridized carbons (Fsp3) is 0.381. The molecule has 0 bridgehead atoms. The third-order valence-corrected chi connectivity index (χ3v) is 5.29. The first-order chi connectivity index (χ1) is 12.8. The third-order valence-electron chi connectivity index (χ3n) is 5.29. The van der Waals surface area contributed by atoms with Crippen molar-refractivity contribution in [2.75, 3.05) is 13.2 Å². The zero-order valence-corrected chi connectivity index (χ0v) is 14.8. The molecule has 0 unspecified atom stereocenters. The largest absolute Gasteiger partial charge is 0.492 e. The Balaban J connectivity index is 1.20. The van der Waals surface area contributed by atoms with Crippen LogP contribution in [0.3, 0.4) is 0 Å². The topological polar surface area (TPSA) is 69.9 Å². The summed E-state index contributed by atoms with van der Waals surface area (Å²) in [7, 11) is 0. The number of hydrogen-bond donors (Lipinski definition) is 3. The van der Waals surface area contributed by atoms with Crippen molar-refractivity contribution in [3.8, 4) is 5.75 Å². The molecule has 0 saturated heterocycles. The Bertz CT molecular complexity index is 892. The molecule has 1 aliphatic carbocycles. The van der Waals surface area contributed by atoms with E-state index in [1.54, 1.807) is 0 Å². The summed E-state index contributed by atoms with van der Waals surface area (Å²) < 4.78 is 5.81. The highest BCUT2D eigenvalue weighted by Crippen LogP contribution is 2.32. The summed E-state index contributed by atoms with van der Waals surface area (Å²) in [4.78, 5) is 16.8. The highest BCUT2D eigenvalue weighted by atomic mass is 16.5. The Morgan fingerprint density at radius 1 is 0.962 bits per heavy atom. The quantitative estimate of drug-likeness (QED) is 0.595. The van der Waals surface area contributed by atoms with E-state index in [-0.39, 0.29) is 5.69 Å². The maximum Gasteiger partial charge on any atom is 0.323 e. The lowest BCUT2D eigenvalue weighted by Crippen LogP contribution is -2.35. The molecule has 2 aromatic carbocycles. The van der Waals surface area contributed by atoms with Crippen molar-refractivity contribution in [2.45, 2.75) is 37.6 Å². The lowest BCUT2D eigenvalue weighted by atomic mass is 9.82. The molecule has 1 saturated carbocycles. The van der Waals surface area contributed by atoms with Crippen LogP contribution in [0.4, 0.5) is 0 Å². The van der Waals surface area contributed by atoms with E-state index in [9.17, 15) is 4.79 Å². The molecule has 136 valence electrons. The number of benzene rings is 2. The summed E-state index contributed by atoms with van der Waals surface area (Å²) in [6, 6.07) is 17.1. The summed E-state index contributed by atoms with van der Waals surface area (Å²) >= 11 is 0. The van der Waals surface area contributed by atoms with E-state index in [1.165, 1.54) is 31.2 Å². The molecular weight excluding hydrogens is 326 g/mol. The molecule has 26 heavy (non-hydrogen) atoms. The number of nitrogens with one attached hydrogen (secondary N) is 3. The van der Waals surface area contributed by atoms with E-state index in [0.717, 1.165) is 23.3 Å². The van der Waals surface area contributed by atoms with E-state index >= 15 is 0 Å². The van der Waals surface area contributed by atoms with Gasteiger partial charge in [0.1, 0.15) is 12.4 Å². The zero-order chi connectivity index (χ0) is 17.8. The van der Waals surface area contributed by atoms with Crippen LogP contribution in [0.25, 0.3) is 11.0 Å². The molecule has 1 fully saturated rings. The molecule has 5 heteroatoms. The van der Waals surface area contributed by atoms with Crippen molar-refractivity contribution in [2.24, 2.45) is 0 Å². The van der Waals surface area contributed by atoms with Gasteiger partial charge in [-0.05, 0) is 49.3 Å². The Hall–Kier alpha value is -2.53. The maximum atomic E-state index is 11.3. The number of H-pyrrole nitrogens is 2. The molecule has 1 heterocycles. The first-order valence-electron chi connectivity index (χ1n) is 9.41. The molecule has 4 rings (SSSR count). The number of aromatic nitrogens is 2. The van der Waals surface area contributed by atoms with Crippen molar-refractivity contribution in [1.82, 2.24) is 15.3 Å². The summed E-state index contributed by atoms with van der Waals surface area (Å²) in [5, 5.41) is 3.62. The number of hydrogen-bond acceptors (Lipinski definition) is 3. The van der Waals surface area contributed by atoms with Gasteiger partial charge in [-0.3, -0.25) is 0 Å². The second-order valence-electron chi connectivity index (χ2n) is 7.05. The summed E-state index contributed by atoms with van der Waals surface area (Å²) in [5.74, 6) is 1.49. The predicted molar refractivity (Wildman–Crippen MR) is 104 cm³/mol. The smallest absolute Gasteiger partial charge is 0.323 e. The SMILES string of the molecule is O=c1[nH]c2ccc(OCCNC3CCC(c4ccccc4)CC3)cc2[nH]1. The van der Waals surface area contributed by atoms with E-state index in [2.05, 4.69) is 45.6 Å². The second kappa shape index (κ2) is 7.79. The van der Waals surface area contributed by atoms with Crippen LogP contribution in [0.2, 0.25) is 0 Å². The van der Waals surface area contributed by atoms with Crippen LogP contribution in [0.5, 0.6) is 5.75 Å². The van der Waals surface area contributed by atoms with Gasteiger partial charge < -0.3 is 20.0 Å². The number of aromatic amines is 2. The fourth-order valence-electron chi connectivity index (χ4n) is 3.89. The van der Waals surface area contributed by atoms with Crippen molar-refractivity contribution < 1.29 is 4.74 Å². The van der Waals surface area contributed by atoms with Crippen LogP contribution in [-0.2, 0) is 0 Å². The first kappa shape index (κ1) is 16.9. The van der Waals surface area contributed by atoms with Gasteiger partial charge in [0.2, 0.25) is 0 Å². The van der Waals surface area contributed by atoms with Gasteiger partial charge in [0.05, 0.1) is 11.0 Å². The van der Waals surface area contributed by atoms with E-state index < -0.39 is 0 Å². The van der Waals surface area contributed by atoms with E-state index in [1.807, 2.05) is 18.2 Å². The Labute approximate surface area is 152 Å². The zero-order valence-electron chi connectivity index (χ0n) is 14.8. The van der Waals surface area contributed by atoms with Gasteiger partial charge in [0.15, 0.2) is 0 Å². The van der Waals surface area contributed by atoms with Crippen LogP contribution in [-0.4, -0.2) is 29.2 Å². The van der Waals surface area contributed by atoms with Crippen molar-refractivity contribution >= 4 is 11.0 Å². The van der Waals surface area contributed by atoms with E-state index in [4.69, 9.17) is 4.74 Å². The van der Waals surface area contributed by atoms with Crippen LogP contribution >= 0.6 is 0 Å². The molecule has 0 aliphatic heterocycles. The minimum absolute atomic E-state index is 0.190. The summed E-state index contributed by atoms with van der Waals surface area (Å²) in [6.07, 6.45) is 4.94. The highest BCUT2D eigenvalue weighted by Gasteiger charge is 2.21. The Morgan fingerprint density at radius 3 is 2.54 bits per heavy atom. The van der Waals surface area contributed by atoms with Gasteiger partial charge in [0, 0.05) is 18.7 Å². The van der Waals surface area contributed by atoms with Crippen molar-refractivity contribution in [3.05, 3.63) is 64.6 Å². The number of imidazole rings is 1. The summed E-state index contributed by atoms with van der Waals surface area (Å²) in [5.41, 5.74) is 2.87. The molecule has 3 aromatic rings. The average Bonchev–Trinajstić information content (AvgIpc) is 3.06. The summed E-state index contributed by atoms with van der Waals surface area (Å²) in [6.45, 7) is 1.46. The molecule has 5 nitrogen and oxygen atoms in total. The molecule has 1 aliphatic rings. The maximum absolute atomic E-state index is 11.3.